The average molecular weight is 310 g/mol. The van der Waals surface area contributed by atoms with E-state index in [2.05, 4.69) is 5.32 Å². The summed E-state index contributed by atoms with van der Waals surface area (Å²) in [7, 11) is 0. The summed E-state index contributed by atoms with van der Waals surface area (Å²) >= 11 is 7.47. The number of amides is 1. The van der Waals surface area contributed by atoms with E-state index in [4.69, 9.17) is 11.6 Å². The van der Waals surface area contributed by atoms with E-state index in [0.717, 1.165) is 24.3 Å². The third kappa shape index (κ3) is 2.19. The van der Waals surface area contributed by atoms with E-state index >= 15 is 0 Å². The minimum absolute atomic E-state index is 0.0146. The highest BCUT2D eigenvalue weighted by Gasteiger charge is 2.50. The summed E-state index contributed by atoms with van der Waals surface area (Å²) in [5, 5.41) is 5.63. The van der Waals surface area contributed by atoms with E-state index in [1.165, 1.54) is 49.9 Å². The van der Waals surface area contributed by atoms with Gasteiger partial charge in [-0.05, 0) is 73.1 Å². The van der Waals surface area contributed by atoms with Gasteiger partial charge in [0.05, 0.1) is 5.02 Å². The molecule has 0 radical (unpaired) electrons. The van der Waals surface area contributed by atoms with Crippen LogP contribution in [0.3, 0.4) is 0 Å². The molecule has 2 nitrogen and oxygen atoms in total. The highest BCUT2D eigenvalue weighted by Crippen LogP contribution is 2.59. The van der Waals surface area contributed by atoms with Gasteiger partial charge in [0, 0.05) is 6.54 Å². The van der Waals surface area contributed by atoms with Crippen LogP contribution in [0.1, 0.15) is 48.2 Å². The largest absolute Gasteiger partial charge is 0.351 e. The molecule has 1 amide bonds. The molecule has 0 saturated heterocycles. The third-order valence-corrected chi connectivity index (χ3v) is 6.95. The summed E-state index contributed by atoms with van der Waals surface area (Å²) in [5.41, 5.74) is 0.397. The number of halogens is 1. The minimum Gasteiger partial charge on any atom is -0.351 e. The number of carbonyl (C=O) groups is 1. The maximum absolute atomic E-state index is 12.2. The van der Waals surface area contributed by atoms with Crippen molar-refractivity contribution in [3.8, 4) is 0 Å². The molecule has 108 valence electrons. The van der Waals surface area contributed by atoms with Crippen molar-refractivity contribution in [2.75, 3.05) is 6.54 Å². The fraction of sp³-hybridized carbons (Fsp3) is 0.688. The van der Waals surface area contributed by atoms with Crippen LogP contribution in [0.4, 0.5) is 0 Å². The Kier molecular flexibility index (Phi) is 3.11. The molecule has 1 heterocycles. The maximum Gasteiger partial charge on any atom is 0.262 e. The Morgan fingerprint density at radius 2 is 1.85 bits per heavy atom. The Morgan fingerprint density at radius 1 is 1.25 bits per heavy atom. The van der Waals surface area contributed by atoms with Crippen molar-refractivity contribution >= 4 is 28.8 Å². The van der Waals surface area contributed by atoms with Gasteiger partial charge in [0.1, 0.15) is 4.88 Å². The molecule has 20 heavy (non-hydrogen) atoms. The molecule has 4 aliphatic carbocycles. The predicted molar refractivity (Wildman–Crippen MR) is 82.3 cm³/mol. The Labute approximate surface area is 128 Å². The molecular weight excluding hydrogens is 290 g/mol. The van der Waals surface area contributed by atoms with Crippen LogP contribution in [0.15, 0.2) is 11.4 Å². The van der Waals surface area contributed by atoms with E-state index in [9.17, 15) is 4.79 Å². The van der Waals surface area contributed by atoms with E-state index < -0.39 is 0 Å². The number of hydrogen-bond donors (Lipinski definition) is 1. The molecule has 0 atom stereocenters. The number of carbonyl (C=O) groups excluding carboxylic acids is 1. The summed E-state index contributed by atoms with van der Waals surface area (Å²) in [6, 6.07) is 1.80. The van der Waals surface area contributed by atoms with E-state index in [1.807, 2.05) is 5.38 Å². The summed E-state index contributed by atoms with van der Waals surface area (Å²) < 4.78 is 0. The lowest BCUT2D eigenvalue weighted by Crippen LogP contribution is -2.51. The van der Waals surface area contributed by atoms with Gasteiger partial charge in [0.25, 0.3) is 5.91 Å². The molecule has 0 spiro atoms. The molecule has 0 aromatic carbocycles. The fourth-order valence-corrected chi connectivity index (χ4v) is 6.37. The van der Waals surface area contributed by atoms with Gasteiger partial charge in [-0.1, -0.05) is 11.6 Å². The highest BCUT2D eigenvalue weighted by molar-refractivity contribution is 7.12. The van der Waals surface area contributed by atoms with Crippen molar-refractivity contribution in [3.63, 3.8) is 0 Å². The van der Waals surface area contributed by atoms with Gasteiger partial charge < -0.3 is 5.32 Å². The van der Waals surface area contributed by atoms with Gasteiger partial charge >= 0.3 is 0 Å². The van der Waals surface area contributed by atoms with E-state index in [1.54, 1.807) is 6.07 Å². The normalized spacial score (nSPS) is 38.1. The Bertz CT molecular complexity index is 503. The van der Waals surface area contributed by atoms with Crippen LogP contribution < -0.4 is 5.32 Å². The van der Waals surface area contributed by atoms with Crippen LogP contribution in [0.25, 0.3) is 0 Å². The molecule has 1 aromatic rings. The van der Waals surface area contributed by atoms with Gasteiger partial charge in [-0.15, -0.1) is 11.3 Å². The van der Waals surface area contributed by atoms with Gasteiger partial charge in [0.2, 0.25) is 0 Å². The molecule has 4 bridgehead atoms. The van der Waals surface area contributed by atoms with Crippen molar-refractivity contribution < 1.29 is 4.79 Å². The zero-order valence-electron chi connectivity index (χ0n) is 11.5. The Morgan fingerprint density at radius 3 is 2.35 bits per heavy atom. The summed E-state index contributed by atoms with van der Waals surface area (Å²) in [6.45, 7) is 0.851. The molecule has 4 saturated carbocycles. The third-order valence-electron chi connectivity index (χ3n) is 5.61. The van der Waals surface area contributed by atoms with Crippen LogP contribution in [0.5, 0.6) is 0 Å². The van der Waals surface area contributed by atoms with Crippen molar-refractivity contribution in [1.82, 2.24) is 5.32 Å². The lowest BCUT2D eigenvalue weighted by Gasteiger charge is -2.56. The molecule has 0 aliphatic heterocycles. The first-order chi connectivity index (χ1) is 9.63. The first-order valence-electron chi connectivity index (χ1n) is 7.65. The molecule has 4 fully saturated rings. The SMILES string of the molecule is O=C(NCC12CC3CC(CC(C3)C1)C2)c1sccc1Cl. The van der Waals surface area contributed by atoms with Gasteiger partial charge in [-0.3, -0.25) is 4.79 Å². The second kappa shape index (κ2) is 4.74. The van der Waals surface area contributed by atoms with Gasteiger partial charge in [0.15, 0.2) is 0 Å². The molecule has 1 aromatic heterocycles. The summed E-state index contributed by atoms with van der Waals surface area (Å²) in [4.78, 5) is 12.9. The number of hydrogen-bond acceptors (Lipinski definition) is 2. The van der Waals surface area contributed by atoms with Gasteiger partial charge in [-0.25, -0.2) is 0 Å². The van der Waals surface area contributed by atoms with Crippen LogP contribution in [-0.4, -0.2) is 12.5 Å². The first kappa shape index (κ1) is 13.1. The highest BCUT2D eigenvalue weighted by atomic mass is 35.5. The monoisotopic (exact) mass is 309 g/mol. The Balaban J connectivity index is 1.45. The van der Waals surface area contributed by atoms with Crippen LogP contribution >= 0.6 is 22.9 Å². The van der Waals surface area contributed by atoms with E-state index in [0.29, 0.717) is 15.3 Å². The predicted octanol–water partition coefficient (Wildman–Crippen LogP) is 4.35. The number of rotatable bonds is 3. The summed E-state index contributed by atoms with van der Waals surface area (Å²) in [6.07, 6.45) is 8.34. The van der Waals surface area contributed by atoms with Crippen LogP contribution in [0.2, 0.25) is 5.02 Å². The molecule has 4 aliphatic rings. The summed E-state index contributed by atoms with van der Waals surface area (Å²) in [5.74, 6) is 2.82. The maximum atomic E-state index is 12.2. The quantitative estimate of drug-likeness (QED) is 0.883. The zero-order chi connectivity index (χ0) is 13.7. The molecule has 4 heteroatoms. The second-order valence-corrected chi connectivity index (χ2v) is 8.52. The van der Waals surface area contributed by atoms with Crippen molar-refractivity contribution in [2.24, 2.45) is 23.2 Å². The second-order valence-electron chi connectivity index (χ2n) is 7.20. The average Bonchev–Trinajstić information content (AvgIpc) is 2.81. The smallest absolute Gasteiger partial charge is 0.262 e. The molecule has 0 unspecified atom stereocenters. The topological polar surface area (TPSA) is 29.1 Å². The van der Waals surface area contributed by atoms with Crippen molar-refractivity contribution in [3.05, 3.63) is 21.3 Å². The lowest BCUT2D eigenvalue weighted by molar-refractivity contribution is -0.0503. The lowest BCUT2D eigenvalue weighted by atomic mass is 9.49. The van der Waals surface area contributed by atoms with Crippen LogP contribution in [0, 0.1) is 23.2 Å². The first-order valence-corrected chi connectivity index (χ1v) is 8.90. The Hall–Kier alpha value is -0.540. The molecule has 5 rings (SSSR count). The molecule has 1 N–H and O–H groups in total. The van der Waals surface area contributed by atoms with Crippen LogP contribution in [-0.2, 0) is 0 Å². The standard InChI is InChI=1S/C16H20ClNOS/c17-13-1-2-20-14(13)15(19)18-9-16-6-10-3-11(7-16)5-12(4-10)8-16/h1-2,10-12H,3-9H2,(H,18,19). The fourth-order valence-electron chi connectivity index (χ4n) is 5.31. The van der Waals surface area contributed by atoms with E-state index in [-0.39, 0.29) is 5.91 Å². The van der Waals surface area contributed by atoms with Crippen molar-refractivity contribution in [1.29, 1.82) is 0 Å². The number of nitrogens with one attached hydrogen (secondary N) is 1. The zero-order valence-corrected chi connectivity index (χ0v) is 13.1. The molecular formula is C16H20ClNOS. The van der Waals surface area contributed by atoms with Crippen molar-refractivity contribution in [2.45, 2.75) is 38.5 Å². The number of thiophene rings is 1. The van der Waals surface area contributed by atoms with Gasteiger partial charge in [-0.2, -0.15) is 0 Å². The minimum atomic E-state index is 0.0146.